The molecule has 0 aromatic carbocycles. The number of aromatic amines is 1. The van der Waals surface area contributed by atoms with E-state index in [4.69, 9.17) is 0 Å². The molecule has 0 bridgehead atoms. The lowest BCUT2D eigenvalue weighted by Crippen LogP contribution is -2.36. The van der Waals surface area contributed by atoms with Gasteiger partial charge in [0.05, 0.1) is 6.42 Å². The first kappa shape index (κ1) is 14.5. The van der Waals surface area contributed by atoms with Crippen LogP contribution in [0.1, 0.15) is 44.0 Å². The fourth-order valence-electron chi connectivity index (χ4n) is 2.45. The van der Waals surface area contributed by atoms with E-state index in [9.17, 15) is 9.59 Å². The minimum Gasteiger partial charge on any atom is -0.350 e. The van der Waals surface area contributed by atoms with Crippen molar-refractivity contribution in [2.24, 2.45) is 0 Å². The minimum absolute atomic E-state index is 0.0419. The summed E-state index contributed by atoms with van der Waals surface area (Å²) >= 11 is 0. The summed E-state index contributed by atoms with van der Waals surface area (Å²) in [6, 6.07) is 0.0419. The summed E-state index contributed by atoms with van der Waals surface area (Å²) < 4.78 is 0. The van der Waals surface area contributed by atoms with E-state index in [1.54, 1.807) is 6.92 Å². The lowest BCUT2D eigenvalue weighted by Gasteiger charge is -2.20. The van der Waals surface area contributed by atoms with E-state index in [1.807, 2.05) is 6.92 Å². The van der Waals surface area contributed by atoms with Crippen molar-refractivity contribution in [2.45, 2.75) is 52.0 Å². The Morgan fingerprint density at radius 2 is 2.30 bits per heavy atom. The number of hydrogen-bond donors (Lipinski definition) is 2. The first-order chi connectivity index (χ1) is 9.56. The fourth-order valence-corrected chi connectivity index (χ4v) is 2.45. The van der Waals surface area contributed by atoms with Crippen LogP contribution in [0.3, 0.4) is 0 Å². The van der Waals surface area contributed by atoms with E-state index in [0.29, 0.717) is 11.4 Å². The van der Waals surface area contributed by atoms with Gasteiger partial charge in [-0.25, -0.2) is 4.98 Å². The number of nitrogens with one attached hydrogen (secondary N) is 2. The highest BCUT2D eigenvalue weighted by molar-refractivity contribution is 5.79. The van der Waals surface area contributed by atoms with Gasteiger partial charge in [0.1, 0.15) is 5.82 Å². The molecule has 0 saturated carbocycles. The molecule has 0 spiro atoms. The molecule has 2 N–H and O–H groups in total. The maximum Gasteiger partial charge on any atom is 0.254 e. The van der Waals surface area contributed by atoms with Gasteiger partial charge in [0.2, 0.25) is 5.91 Å². The van der Waals surface area contributed by atoms with Gasteiger partial charge in [-0.2, -0.15) is 0 Å². The third-order valence-corrected chi connectivity index (χ3v) is 3.61. The van der Waals surface area contributed by atoms with Crippen molar-refractivity contribution >= 4 is 5.91 Å². The number of allylic oxidation sites excluding steroid dienone is 1. The smallest absolute Gasteiger partial charge is 0.254 e. The predicted octanol–water partition coefficient (Wildman–Crippen LogP) is 1.63. The number of hydrogen-bond acceptors (Lipinski definition) is 3. The summed E-state index contributed by atoms with van der Waals surface area (Å²) in [5, 5.41) is 2.95. The molecule has 20 heavy (non-hydrogen) atoms. The van der Waals surface area contributed by atoms with Gasteiger partial charge >= 0.3 is 0 Å². The van der Waals surface area contributed by atoms with Crippen molar-refractivity contribution in [3.05, 3.63) is 39.6 Å². The Bertz CT molecular complexity index is 575. The Hall–Kier alpha value is -1.91. The topological polar surface area (TPSA) is 74.8 Å². The zero-order chi connectivity index (χ0) is 14.5. The van der Waals surface area contributed by atoms with Crippen LogP contribution >= 0.6 is 0 Å². The van der Waals surface area contributed by atoms with E-state index in [2.05, 4.69) is 21.4 Å². The molecule has 1 aromatic rings. The second-order valence-corrected chi connectivity index (χ2v) is 5.31. The summed E-state index contributed by atoms with van der Waals surface area (Å²) in [6.45, 7) is 3.70. The van der Waals surface area contributed by atoms with Gasteiger partial charge in [-0.1, -0.05) is 11.6 Å². The van der Waals surface area contributed by atoms with E-state index in [1.165, 1.54) is 24.6 Å². The van der Waals surface area contributed by atoms with E-state index >= 15 is 0 Å². The molecule has 108 valence electrons. The van der Waals surface area contributed by atoms with Crippen molar-refractivity contribution in [1.29, 1.82) is 0 Å². The highest BCUT2D eigenvalue weighted by Crippen LogP contribution is 2.20. The number of aromatic nitrogens is 2. The molecule has 1 aliphatic carbocycles. The number of aryl methyl sites for hydroxylation is 1. The molecule has 1 heterocycles. The number of rotatable bonds is 4. The molecule has 0 aliphatic heterocycles. The number of carbonyl (C=O) groups excluding carboxylic acids is 1. The van der Waals surface area contributed by atoms with Gasteiger partial charge in [-0.3, -0.25) is 9.59 Å². The summed E-state index contributed by atoms with van der Waals surface area (Å²) in [7, 11) is 0. The second kappa shape index (κ2) is 6.50. The van der Waals surface area contributed by atoms with Crippen molar-refractivity contribution in [1.82, 2.24) is 15.3 Å². The molecule has 0 fully saturated rings. The van der Waals surface area contributed by atoms with Crippen molar-refractivity contribution in [2.75, 3.05) is 0 Å². The van der Waals surface area contributed by atoms with Crippen molar-refractivity contribution < 1.29 is 4.79 Å². The molecular weight excluding hydrogens is 254 g/mol. The lowest BCUT2D eigenvalue weighted by molar-refractivity contribution is -0.120. The highest BCUT2D eigenvalue weighted by atomic mass is 16.2. The van der Waals surface area contributed by atoms with Gasteiger partial charge in [0, 0.05) is 17.8 Å². The quantitative estimate of drug-likeness (QED) is 0.820. The number of carbonyl (C=O) groups is 1. The van der Waals surface area contributed by atoms with Crippen LogP contribution in [0.4, 0.5) is 0 Å². The van der Waals surface area contributed by atoms with Crippen molar-refractivity contribution in [3.8, 4) is 0 Å². The first-order valence-electron chi connectivity index (χ1n) is 7.09. The molecular formula is C15H21N3O2. The number of amides is 1. The van der Waals surface area contributed by atoms with Crippen LogP contribution < -0.4 is 10.9 Å². The third kappa shape index (κ3) is 3.79. The van der Waals surface area contributed by atoms with Crippen molar-refractivity contribution in [3.63, 3.8) is 0 Å². The third-order valence-electron chi connectivity index (χ3n) is 3.61. The molecule has 1 aromatic heterocycles. The molecule has 1 unspecified atom stereocenters. The van der Waals surface area contributed by atoms with Gasteiger partial charge in [-0.05, 0) is 39.5 Å². The highest BCUT2D eigenvalue weighted by Gasteiger charge is 2.15. The molecule has 0 radical (unpaired) electrons. The first-order valence-corrected chi connectivity index (χ1v) is 7.09. The number of nitrogens with zero attached hydrogens (tertiary/aromatic N) is 1. The van der Waals surface area contributed by atoms with Gasteiger partial charge in [-0.15, -0.1) is 0 Å². The Balaban J connectivity index is 1.95. The molecule has 5 heteroatoms. The minimum atomic E-state index is -0.239. The Morgan fingerprint density at radius 1 is 1.50 bits per heavy atom. The van der Waals surface area contributed by atoms with E-state index in [-0.39, 0.29) is 23.9 Å². The van der Waals surface area contributed by atoms with Crippen LogP contribution in [-0.2, 0) is 11.2 Å². The zero-order valence-electron chi connectivity index (χ0n) is 12.0. The molecule has 1 atom stereocenters. The standard InChI is InChI=1S/C15H21N3O2/c1-10(12-6-4-3-5-7-12)17-14(19)8-13-9-16-11(2)18-15(13)20/h6,9-10H,3-5,7-8H2,1-2H3,(H,17,19)(H,16,18,20). The lowest BCUT2D eigenvalue weighted by atomic mass is 9.94. The second-order valence-electron chi connectivity index (χ2n) is 5.31. The summed E-state index contributed by atoms with van der Waals surface area (Å²) in [6.07, 6.45) is 8.32. The summed E-state index contributed by atoms with van der Waals surface area (Å²) in [5.74, 6) is 0.417. The Kier molecular flexibility index (Phi) is 4.71. The van der Waals surface area contributed by atoms with E-state index < -0.39 is 0 Å². The van der Waals surface area contributed by atoms with Crippen LogP contribution in [0.5, 0.6) is 0 Å². The largest absolute Gasteiger partial charge is 0.350 e. The maximum absolute atomic E-state index is 12.0. The Morgan fingerprint density at radius 3 is 2.95 bits per heavy atom. The molecule has 2 rings (SSSR count). The SMILES string of the molecule is Cc1ncc(CC(=O)NC(C)C2=CCCCC2)c(=O)[nH]1. The molecule has 5 nitrogen and oxygen atoms in total. The van der Waals surface area contributed by atoms with Gasteiger partial charge in [0.25, 0.3) is 5.56 Å². The van der Waals surface area contributed by atoms with E-state index in [0.717, 1.165) is 12.8 Å². The fraction of sp³-hybridized carbons (Fsp3) is 0.533. The van der Waals surface area contributed by atoms with Crippen LogP contribution in [0, 0.1) is 6.92 Å². The normalized spacial score (nSPS) is 16.4. The maximum atomic E-state index is 12.0. The average Bonchev–Trinajstić information content (AvgIpc) is 2.43. The van der Waals surface area contributed by atoms with Gasteiger partial charge < -0.3 is 10.3 Å². The van der Waals surface area contributed by atoms with Crippen LogP contribution in [-0.4, -0.2) is 21.9 Å². The molecule has 1 amide bonds. The number of H-pyrrole nitrogens is 1. The van der Waals surface area contributed by atoms with Crippen LogP contribution in [0.2, 0.25) is 0 Å². The summed E-state index contributed by atoms with van der Waals surface area (Å²) in [4.78, 5) is 30.3. The van der Waals surface area contributed by atoms with Crippen LogP contribution in [0.25, 0.3) is 0 Å². The van der Waals surface area contributed by atoms with Crippen LogP contribution in [0.15, 0.2) is 22.6 Å². The average molecular weight is 275 g/mol. The Labute approximate surface area is 118 Å². The zero-order valence-corrected chi connectivity index (χ0v) is 12.0. The summed E-state index contributed by atoms with van der Waals surface area (Å²) in [5.41, 5.74) is 1.45. The van der Waals surface area contributed by atoms with Gasteiger partial charge in [0.15, 0.2) is 0 Å². The predicted molar refractivity (Wildman–Crippen MR) is 77.5 cm³/mol. The molecule has 0 saturated heterocycles. The molecule has 1 aliphatic rings. The monoisotopic (exact) mass is 275 g/mol.